The van der Waals surface area contributed by atoms with Gasteiger partial charge in [0.25, 0.3) is 0 Å². The topological polar surface area (TPSA) is 64.3 Å². The van der Waals surface area contributed by atoms with E-state index in [1.54, 1.807) is 28.7 Å². The molecule has 0 saturated carbocycles. The molecule has 2 heterocycles. The van der Waals surface area contributed by atoms with Crippen LogP contribution in [0.3, 0.4) is 0 Å². The molecule has 0 fully saturated rings. The number of hydrogen-bond acceptors (Lipinski definition) is 5. The summed E-state index contributed by atoms with van der Waals surface area (Å²) in [6, 6.07) is 6.87. The molecular weight excluding hydrogens is 250 g/mol. The van der Waals surface area contributed by atoms with Crippen LogP contribution in [0.1, 0.15) is 31.3 Å². The highest BCUT2D eigenvalue weighted by Crippen LogP contribution is 2.32. The molecular formula is C12H5N3O2S. The van der Waals surface area contributed by atoms with Gasteiger partial charge in [-0.2, -0.15) is 0 Å². The van der Waals surface area contributed by atoms with Crippen molar-refractivity contribution in [3.63, 3.8) is 0 Å². The molecule has 6 heteroatoms. The average Bonchev–Trinajstić information content (AvgIpc) is 2.96. The molecule has 1 aliphatic rings. The van der Waals surface area contributed by atoms with E-state index >= 15 is 0 Å². The Hall–Kier alpha value is -2.34. The minimum atomic E-state index is -0.147. The first kappa shape index (κ1) is 9.67. The van der Waals surface area contributed by atoms with Crippen molar-refractivity contribution in [2.24, 2.45) is 0 Å². The zero-order valence-electron chi connectivity index (χ0n) is 8.95. The van der Waals surface area contributed by atoms with Crippen molar-refractivity contribution in [3.05, 3.63) is 52.3 Å². The molecule has 0 bridgehead atoms. The van der Waals surface area contributed by atoms with E-state index < -0.39 is 0 Å². The van der Waals surface area contributed by atoms with Crippen LogP contribution in [0, 0.1) is 0 Å². The average molecular weight is 255 g/mol. The van der Waals surface area contributed by atoms with Crippen molar-refractivity contribution in [1.82, 2.24) is 14.6 Å². The second-order valence-corrected chi connectivity index (χ2v) is 4.94. The van der Waals surface area contributed by atoms with Crippen LogP contribution in [0.5, 0.6) is 0 Å². The summed E-state index contributed by atoms with van der Waals surface area (Å²) in [4.78, 5) is 25.7. The lowest BCUT2D eigenvalue weighted by Gasteiger charge is -2.13. The Kier molecular flexibility index (Phi) is 1.67. The van der Waals surface area contributed by atoms with Crippen LogP contribution in [-0.4, -0.2) is 26.2 Å². The van der Waals surface area contributed by atoms with Gasteiger partial charge in [-0.3, -0.25) is 14.0 Å². The van der Waals surface area contributed by atoms with Gasteiger partial charge in [-0.05, 0) is 0 Å². The molecule has 0 saturated heterocycles. The van der Waals surface area contributed by atoms with E-state index in [1.807, 2.05) is 0 Å². The molecule has 2 aromatic heterocycles. The van der Waals surface area contributed by atoms with Gasteiger partial charge >= 0.3 is 0 Å². The van der Waals surface area contributed by atoms with E-state index in [0.717, 1.165) is 0 Å². The molecule has 0 N–H and O–H groups in total. The fourth-order valence-electron chi connectivity index (χ4n) is 2.19. The SMILES string of the molecule is O=C1c2ccccc2C(=O)c2c1sc1nncn21. The first-order chi connectivity index (χ1) is 8.77. The monoisotopic (exact) mass is 255 g/mol. The van der Waals surface area contributed by atoms with Gasteiger partial charge in [-0.15, -0.1) is 10.2 Å². The fourth-order valence-corrected chi connectivity index (χ4v) is 3.19. The third-order valence-electron chi connectivity index (χ3n) is 3.00. The number of thiazole rings is 1. The Labute approximate surface area is 105 Å². The third-order valence-corrected chi connectivity index (χ3v) is 4.05. The molecule has 0 unspecified atom stereocenters. The first-order valence-corrected chi connectivity index (χ1v) is 6.10. The van der Waals surface area contributed by atoms with Gasteiger partial charge in [0.1, 0.15) is 16.9 Å². The first-order valence-electron chi connectivity index (χ1n) is 5.28. The Morgan fingerprint density at radius 1 is 1.06 bits per heavy atom. The summed E-state index contributed by atoms with van der Waals surface area (Å²) < 4.78 is 1.58. The van der Waals surface area contributed by atoms with Crippen molar-refractivity contribution >= 4 is 27.9 Å². The Bertz CT molecular complexity index is 831. The molecule has 0 aliphatic heterocycles. The molecule has 1 aliphatic carbocycles. The minimum absolute atomic E-state index is 0.115. The summed E-state index contributed by atoms with van der Waals surface area (Å²) in [5.41, 5.74) is 1.29. The summed E-state index contributed by atoms with van der Waals surface area (Å²) in [7, 11) is 0. The number of carbonyl (C=O) groups excluding carboxylic acids is 2. The third kappa shape index (κ3) is 1.01. The number of fused-ring (bicyclic) bond motifs is 4. The van der Waals surface area contributed by atoms with Crippen molar-refractivity contribution in [3.8, 4) is 0 Å². The van der Waals surface area contributed by atoms with Crippen LogP contribution in [0.25, 0.3) is 4.96 Å². The van der Waals surface area contributed by atoms with Crippen molar-refractivity contribution in [2.75, 3.05) is 0 Å². The number of nitrogens with zero attached hydrogens (tertiary/aromatic N) is 3. The summed E-state index contributed by atoms with van der Waals surface area (Å²) in [6.07, 6.45) is 1.46. The Morgan fingerprint density at radius 3 is 2.56 bits per heavy atom. The molecule has 0 radical (unpaired) electrons. The van der Waals surface area contributed by atoms with Gasteiger partial charge in [-0.1, -0.05) is 35.6 Å². The summed E-state index contributed by atoms with van der Waals surface area (Å²) in [5, 5.41) is 7.63. The molecule has 3 aromatic rings. The second kappa shape index (κ2) is 3.11. The smallest absolute Gasteiger partial charge is 0.217 e. The molecule has 0 atom stereocenters. The second-order valence-electron chi connectivity index (χ2n) is 3.97. The van der Waals surface area contributed by atoms with Crippen molar-refractivity contribution in [2.45, 2.75) is 0 Å². The van der Waals surface area contributed by atoms with E-state index in [-0.39, 0.29) is 11.6 Å². The maximum atomic E-state index is 12.4. The minimum Gasteiger partial charge on any atom is -0.288 e. The highest BCUT2D eigenvalue weighted by Gasteiger charge is 2.33. The van der Waals surface area contributed by atoms with E-state index in [9.17, 15) is 9.59 Å². The van der Waals surface area contributed by atoms with Crippen LogP contribution in [0.15, 0.2) is 30.6 Å². The van der Waals surface area contributed by atoms with E-state index in [2.05, 4.69) is 10.2 Å². The lowest BCUT2D eigenvalue weighted by atomic mass is 9.91. The predicted molar refractivity (Wildman–Crippen MR) is 64.2 cm³/mol. The largest absolute Gasteiger partial charge is 0.288 e. The van der Waals surface area contributed by atoms with Crippen LogP contribution >= 0.6 is 11.3 Å². The summed E-state index contributed by atoms with van der Waals surface area (Å²) in [5.74, 6) is -0.262. The van der Waals surface area contributed by atoms with Crippen LogP contribution in [-0.2, 0) is 0 Å². The van der Waals surface area contributed by atoms with Gasteiger partial charge < -0.3 is 0 Å². The molecule has 4 rings (SSSR count). The summed E-state index contributed by atoms with van der Waals surface area (Å²) in [6.45, 7) is 0. The zero-order chi connectivity index (χ0) is 12.3. The number of ketones is 2. The molecule has 18 heavy (non-hydrogen) atoms. The van der Waals surface area contributed by atoms with Crippen LogP contribution in [0.4, 0.5) is 0 Å². The van der Waals surface area contributed by atoms with E-state index in [1.165, 1.54) is 17.7 Å². The van der Waals surface area contributed by atoms with Gasteiger partial charge in [0.2, 0.25) is 16.5 Å². The predicted octanol–water partition coefficient (Wildman–Crippen LogP) is 1.57. The number of hydrogen-bond donors (Lipinski definition) is 0. The van der Waals surface area contributed by atoms with E-state index in [0.29, 0.717) is 26.7 Å². The lowest BCUT2D eigenvalue weighted by Crippen LogP contribution is -2.20. The normalized spacial score (nSPS) is 13.8. The van der Waals surface area contributed by atoms with E-state index in [4.69, 9.17) is 0 Å². The van der Waals surface area contributed by atoms with Crippen molar-refractivity contribution in [1.29, 1.82) is 0 Å². The molecule has 0 amide bonds. The lowest BCUT2D eigenvalue weighted by molar-refractivity contribution is 0.0978. The number of aromatic nitrogens is 3. The number of carbonyl (C=O) groups is 2. The maximum Gasteiger partial charge on any atom is 0.217 e. The van der Waals surface area contributed by atoms with Gasteiger partial charge in [0.05, 0.1) is 0 Å². The number of rotatable bonds is 0. The Balaban J connectivity index is 2.14. The van der Waals surface area contributed by atoms with Gasteiger partial charge in [0.15, 0.2) is 0 Å². The highest BCUT2D eigenvalue weighted by molar-refractivity contribution is 7.19. The fraction of sp³-hybridized carbons (Fsp3) is 0. The van der Waals surface area contributed by atoms with Crippen LogP contribution in [0.2, 0.25) is 0 Å². The van der Waals surface area contributed by atoms with Gasteiger partial charge in [-0.25, -0.2) is 0 Å². The van der Waals surface area contributed by atoms with Crippen LogP contribution < -0.4 is 0 Å². The summed E-state index contributed by atoms with van der Waals surface area (Å²) >= 11 is 1.20. The molecule has 1 aromatic carbocycles. The highest BCUT2D eigenvalue weighted by atomic mass is 32.1. The molecule has 86 valence electrons. The van der Waals surface area contributed by atoms with Crippen molar-refractivity contribution < 1.29 is 9.59 Å². The molecule has 0 spiro atoms. The molecule has 5 nitrogen and oxygen atoms in total. The number of benzene rings is 1. The maximum absolute atomic E-state index is 12.4. The quantitative estimate of drug-likeness (QED) is 0.478. The van der Waals surface area contributed by atoms with Gasteiger partial charge in [0, 0.05) is 11.1 Å². The zero-order valence-corrected chi connectivity index (χ0v) is 9.77. The Morgan fingerprint density at radius 2 is 1.78 bits per heavy atom. The standard InChI is InChI=1S/C12H5N3O2S/c16-9-6-3-1-2-4-7(6)10(17)11-8(9)15-5-13-14-12(15)18-11/h1-5H.